The van der Waals surface area contributed by atoms with E-state index in [4.69, 9.17) is 4.74 Å². The van der Waals surface area contributed by atoms with Gasteiger partial charge < -0.3 is 15.4 Å². The molecule has 136 valence electrons. The maximum Gasteiger partial charge on any atom is 0.191 e. The zero-order chi connectivity index (χ0) is 17.4. The molecule has 1 aromatic rings. The molecule has 1 aromatic carbocycles. The summed E-state index contributed by atoms with van der Waals surface area (Å²) < 4.78 is 6.03. The van der Waals surface area contributed by atoms with Gasteiger partial charge in [-0.1, -0.05) is 37.6 Å². The van der Waals surface area contributed by atoms with Crippen molar-refractivity contribution in [3.63, 3.8) is 0 Å². The van der Waals surface area contributed by atoms with Crippen LogP contribution in [0.3, 0.4) is 0 Å². The minimum Gasteiger partial charge on any atom is -0.377 e. The van der Waals surface area contributed by atoms with Gasteiger partial charge in [0.1, 0.15) is 0 Å². The first-order chi connectivity index (χ1) is 12.2. The fourth-order valence-electron chi connectivity index (χ4n) is 5.10. The van der Waals surface area contributed by atoms with Gasteiger partial charge in [0.05, 0.1) is 12.1 Å². The summed E-state index contributed by atoms with van der Waals surface area (Å²) in [5.74, 6) is 1.59. The second-order valence-corrected chi connectivity index (χ2v) is 7.99. The summed E-state index contributed by atoms with van der Waals surface area (Å²) in [6.07, 6.45) is 6.72. The van der Waals surface area contributed by atoms with Crippen LogP contribution < -0.4 is 10.6 Å². The van der Waals surface area contributed by atoms with Crippen molar-refractivity contribution >= 4 is 5.96 Å². The van der Waals surface area contributed by atoms with E-state index >= 15 is 0 Å². The maximum absolute atomic E-state index is 6.03. The first kappa shape index (κ1) is 16.9. The Labute approximate surface area is 151 Å². The van der Waals surface area contributed by atoms with Crippen molar-refractivity contribution in [1.29, 1.82) is 0 Å². The van der Waals surface area contributed by atoms with E-state index in [1.54, 1.807) is 0 Å². The molecule has 0 aromatic heterocycles. The highest BCUT2D eigenvalue weighted by molar-refractivity contribution is 5.80. The Morgan fingerprint density at radius 1 is 1.32 bits per heavy atom. The second-order valence-electron chi connectivity index (χ2n) is 7.99. The van der Waals surface area contributed by atoms with Crippen molar-refractivity contribution in [3.8, 4) is 0 Å². The molecule has 25 heavy (non-hydrogen) atoms. The lowest BCUT2D eigenvalue weighted by Crippen LogP contribution is -2.72. The van der Waals surface area contributed by atoms with Gasteiger partial charge in [-0.25, -0.2) is 0 Å². The topological polar surface area (TPSA) is 45.7 Å². The zero-order valence-corrected chi connectivity index (χ0v) is 15.7. The van der Waals surface area contributed by atoms with Crippen LogP contribution in [0, 0.1) is 11.3 Å². The summed E-state index contributed by atoms with van der Waals surface area (Å²) in [7, 11) is 1.87. The Hall–Kier alpha value is -1.55. The first-order valence-electron chi connectivity index (χ1n) is 9.88. The highest BCUT2D eigenvalue weighted by Crippen LogP contribution is 2.62. The van der Waals surface area contributed by atoms with E-state index < -0.39 is 0 Å². The van der Waals surface area contributed by atoms with Gasteiger partial charge in [-0.2, -0.15) is 0 Å². The molecule has 4 atom stereocenters. The molecule has 1 aliphatic heterocycles. The predicted molar refractivity (Wildman–Crippen MR) is 102 cm³/mol. The number of hydrogen-bond donors (Lipinski definition) is 2. The van der Waals surface area contributed by atoms with Crippen molar-refractivity contribution in [2.45, 2.75) is 64.1 Å². The van der Waals surface area contributed by atoms with Crippen molar-refractivity contribution in [1.82, 2.24) is 10.6 Å². The fraction of sp³-hybridized carbons (Fsp3) is 0.667. The van der Waals surface area contributed by atoms with Gasteiger partial charge in [0.15, 0.2) is 5.96 Å². The van der Waals surface area contributed by atoms with E-state index in [0.29, 0.717) is 23.5 Å². The van der Waals surface area contributed by atoms with Crippen LogP contribution in [0.5, 0.6) is 0 Å². The van der Waals surface area contributed by atoms with Crippen LogP contribution in [0.4, 0.5) is 0 Å². The van der Waals surface area contributed by atoms with Crippen molar-refractivity contribution in [2.24, 2.45) is 16.3 Å². The minimum absolute atomic E-state index is 0.241. The number of rotatable bonds is 4. The predicted octanol–water partition coefficient (Wildman–Crippen LogP) is 3.43. The Balaban J connectivity index is 1.40. The summed E-state index contributed by atoms with van der Waals surface area (Å²) in [6.45, 7) is 5.33. The average Bonchev–Trinajstić information content (AvgIpc) is 3.02. The zero-order valence-electron chi connectivity index (χ0n) is 15.7. The third-order valence-electron chi connectivity index (χ3n) is 6.79. The summed E-state index contributed by atoms with van der Waals surface area (Å²) in [6, 6.07) is 9.65. The van der Waals surface area contributed by atoms with Crippen LogP contribution in [0.1, 0.15) is 56.7 Å². The number of nitrogens with zero attached hydrogens (tertiary/aromatic N) is 1. The number of nitrogens with one attached hydrogen (secondary N) is 2. The SMILES string of the molecule is CCc1ccc(C(C)NC(=NC)NC2C3CCOC3C23CCC3)cc1. The minimum atomic E-state index is 0.241. The molecule has 0 radical (unpaired) electrons. The lowest BCUT2D eigenvalue weighted by molar-refractivity contribution is -0.171. The molecule has 1 spiro atoms. The molecule has 2 aliphatic carbocycles. The molecular formula is C21H31N3O. The highest BCUT2D eigenvalue weighted by Gasteiger charge is 2.66. The molecule has 1 heterocycles. The summed E-state index contributed by atoms with van der Waals surface area (Å²) in [5.41, 5.74) is 3.06. The number of hydrogen-bond acceptors (Lipinski definition) is 2. The molecular weight excluding hydrogens is 310 g/mol. The normalized spacial score (nSPS) is 31.0. The molecule has 4 unspecified atom stereocenters. The van der Waals surface area contributed by atoms with Crippen molar-refractivity contribution < 1.29 is 4.74 Å². The summed E-state index contributed by atoms with van der Waals surface area (Å²) in [5, 5.41) is 7.33. The number of aliphatic imine (C=N–C) groups is 1. The molecule has 4 heteroatoms. The van der Waals surface area contributed by atoms with Crippen LogP contribution in [0.2, 0.25) is 0 Å². The van der Waals surface area contributed by atoms with Crippen molar-refractivity contribution in [3.05, 3.63) is 35.4 Å². The van der Waals surface area contributed by atoms with Gasteiger partial charge in [-0.05, 0) is 43.7 Å². The van der Waals surface area contributed by atoms with E-state index in [1.807, 2.05) is 7.05 Å². The van der Waals surface area contributed by atoms with Gasteiger partial charge in [-0.15, -0.1) is 0 Å². The Morgan fingerprint density at radius 3 is 2.68 bits per heavy atom. The number of benzene rings is 1. The lowest BCUT2D eigenvalue weighted by Gasteiger charge is -2.63. The van der Waals surface area contributed by atoms with E-state index in [1.165, 1.54) is 36.8 Å². The molecule has 2 N–H and O–H groups in total. The third-order valence-corrected chi connectivity index (χ3v) is 6.79. The van der Waals surface area contributed by atoms with Gasteiger partial charge >= 0.3 is 0 Å². The Bertz CT molecular complexity index is 635. The molecule has 0 bridgehead atoms. The average molecular weight is 341 g/mol. The van der Waals surface area contributed by atoms with Crippen LogP contribution >= 0.6 is 0 Å². The monoisotopic (exact) mass is 341 g/mol. The van der Waals surface area contributed by atoms with Gasteiger partial charge in [-0.3, -0.25) is 4.99 Å². The number of fused-ring (bicyclic) bond motifs is 2. The van der Waals surface area contributed by atoms with Crippen LogP contribution in [-0.2, 0) is 11.2 Å². The van der Waals surface area contributed by atoms with Gasteiger partial charge in [0.2, 0.25) is 0 Å². The fourth-order valence-corrected chi connectivity index (χ4v) is 5.10. The number of aryl methyl sites for hydroxylation is 1. The molecule has 0 amide bonds. The molecule has 4 rings (SSSR count). The van der Waals surface area contributed by atoms with E-state index in [9.17, 15) is 0 Å². The Kier molecular flexibility index (Phi) is 4.48. The number of guanidine groups is 1. The highest BCUT2D eigenvalue weighted by atomic mass is 16.5. The standard InChI is InChI=1S/C21H31N3O/c1-4-15-6-8-16(9-7-15)14(2)23-20(22-3)24-18-17-10-13-25-19(17)21(18)11-5-12-21/h6-9,14,17-19H,4-5,10-13H2,1-3H3,(H2,22,23,24). The molecule has 4 nitrogen and oxygen atoms in total. The molecule has 3 fully saturated rings. The Morgan fingerprint density at radius 2 is 2.08 bits per heavy atom. The van der Waals surface area contributed by atoms with Crippen LogP contribution in [0.15, 0.2) is 29.3 Å². The quantitative estimate of drug-likeness (QED) is 0.651. The third kappa shape index (κ3) is 2.75. The van der Waals surface area contributed by atoms with Crippen LogP contribution in [0.25, 0.3) is 0 Å². The van der Waals surface area contributed by atoms with Crippen molar-refractivity contribution in [2.75, 3.05) is 13.7 Å². The lowest BCUT2D eigenvalue weighted by atomic mass is 9.46. The molecule has 1 saturated heterocycles. The largest absolute Gasteiger partial charge is 0.377 e. The van der Waals surface area contributed by atoms with Gasteiger partial charge in [0, 0.05) is 31.0 Å². The molecule has 2 saturated carbocycles. The smallest absolute Gasteiger partial charge is 0.191 e. The van der Waals surface area contributed by atoms with E-state index in [-0.39, 0.29) is 6.04 Å². The second kappa shape index (κ2) is 6.64. The van der Waals surface area contributed by atoms with E-state index in [0.717, 1.165) is 19.0 Å². The van der Waals surface area contributed by atoms with E-state index in [2.05, 4.69) is 53.7 Å². The van der Waals surface area contributed by atoms with Gasteiger partial charge in [0.25, 0.3) is 0 Å². The summed E-state index contributed by atoms with van der Waals surface area (Å²) in [4.78, 5) is 4.50. The number of ether oxygens (including phenoxy) is 1. The maximum atomic E-state index is 6.03. The summed E-state index contributed by atoms with van der Waals surface area (Å²) >= 11 is 0. The first-order valence-corrected chi connectivity index (χ1v) is 9.88. The van der Waals surface area contributed by atoms with Crippen LogP contribution in [-0.4, -0.2) is 31.8 Å². The molecule has 3 aliphatic rings.